The number of non-ortho nitro benzene ring substituents is 1. The molecule has 0 N–H and O–H groups in total. The molecule has 7 heteroatoms. The first-order valence-electron chi connectivity index (χ1n) is 9.31. The number of nitrogens with zero attached hydrogens (tertiary/aromatic N) is 3. The minimum atomic E-state index is -0.465. The van der Waals surface area contributed by atoms with E-state index in [1.807, 2.05) is 35.2 Å². The van der Waals surface area contributed by atoms with Crippen molar-refractivity contribution in [2.45, 2.75) is 6.54 Å². The van der Waals surface area contributed by atoms with Crippen LogP contribution < -0.4 is 10.3 Å². The predicted molar refractivity (Wildman–Crippen MR) is 115 cm³/mol. The van der Waals surface area contributed by atoms with Gasteiger partial charge in [-0.25, -0.2) is 0 Å². The number of rotatable bonds is 3. The van der Waals surface area contributed by atoms with E-state index in [4.69, 9.17) is 4.42 Å². The Balaban J connectivity index is 1.78. The molecule has 0 spiro atoms. The molecule has 0 atom stereocenters. The van der Waals surface area contributed by atoms with Gasteiger partial charge in [0, 0.05) is 18.3 Å². The second-order valence-electron chi connectivity index (χ2n) is 6.91. The van der Waals surface area contributed by atoms with E-state index >= 15 is 0 Å². The van der Waals surface area contributed by atoms with E-state index in [9.17, 15) is 14.9 Å². The molecule has 7 nitrogen and oxygen atoms in total. The number of fused-ring (bicyclic) bond motifs is 3. The molecule has 0 saturated heterocycles. The van der Waals surface area contributed by atoms with E-state index in [0.29, 0.717) is 40.3 Å². The maximum absolute atomic E-state index is 13.2. The largest absolute Gasteiger partial charge is 0.439 e. The van der Waals surface area contributed by atoms with Crippen LogP contribution in [0.25, 0.3) is 11.0 Å². The Kier molecular flexibility index (Phi) is 4.14. The smallest absolute Gasteiger partial charge is 0.271 e. The van der Waals surface area contributed by atoms with Crippen molar-refractivity contribution < 1.29 is 9.34 Å². The first kappa shape index (κ1) is 17.8. The summed E-state index contributed by atoms with van der Waals surface area (Å²) >= 11 is 0. The fourth-order valence-electron chi connectivity index (χ4n) is 3.58. The molecule has 0 radical (unpaired) electrons. The summed E-state index contributed by atoms with van der Waals surface area (Å²) in [4.78, 5) is 30.2. The molecule has 0 amide bonds. The molecule has 5 rings (SSSR count). The molecule has 0 bridgehead atoms. The quantitative estimate of drug-likeness (QED) is 0.354. The average molecular weight is 397 g/mol. The monoisotopic (exact) mass is 397 g/mol. The summed E-state index contributed by atoms with van der Waals surface area (Å²) < 4.78 is 6.17. The van der Waals surface area contributed by atoms with E-state index in [1.54, 1.807) is 30.3 Å². The molecule has 1 aromatic heterocycles. The van der Waals surface area contributed by atoms with Crippen molar-refractivity contribution in [3.05, 3.63) is 104 Å². The van der Waals surface area contributed by atoms with Gasteiger partial charge in [-0.15, -0.1) is 0 Å². The van der Waals surface area contributed by atoms with Crippen LogP contribution in [0.3, 0.4) is 0 Å². The van der Waals surface area contributed by atoms with Gasteiger partial charge in [-0.05, 0) is 23.8 Å². The standard InChI is InChI=1S/C23H15N3O4/c27-22-17-8-4-5-9-21(17)30-23-18(22)13-24-19-12-16(26(28)29)10-11-20(19)25(23)14-15-6-2-1-3-7-15/h1-13H,14H2. The third kappa shape index (κ3) is 2.93. The molecule has 0 fully saturated rings. The van der Waals surface area contributed by atoms with Crippen molar-refractivity contribution in [3.8, 4) is 0 Å². The van der Waals surface area contributed by atoms with Crippen molar-refractivity contribution in [2.24, 2.45) is 4.99 Å². The number of anilines is 2. The second-order valence-corrected chi connectivity index (χ2v) is 6.91. The summed E-state index contributed by atoms with van der Waals surface area (Å²) in [6, 6.07) is 21.2. The second kappa shape index (κ2) is 6.97. The molecule has 3 aromatic carbocycles. The van der Waals surface area contributed by atoms with Gasteiger partial charge in [-0.1, -0.05) is 42.5 Å². The Bertz CT molecular complexity index is 1380. The molecule has 30 heavy (non-hydrogen) atoms. The van der Waals surface area contributed by atoms with E-state index in [2.05, 4.69) is 4.99 Å². The lowest BCUT2D eigenvalue weighted by molar-refractivity contribution is -0.384. The Labute approximate surface area is 170 Å². The normalized spacial score (nSPS) is 12.3. The zero-order valence-electron chi connectivity index (χ0n) is 15.7. The van der Waals surface area contributed by atoms with Gasteiger partial charge in [-0.2, -0.15) is 0 Å². The molecule has 4 aromatic rings. The Morgan fingerprint density at radius 3 is 2.57 bits per heavy atom. The van der Waals surface area contributed by atoms with Crippen LogP contribution in [0.1, 0.15) is 11.1 Å². The number of nitro groups is 1. The van der Waals surface area contributed by atoms with Crippen LogP contribution in [0.5, 0.6) is 0 Å². The summed E-state index contributed by atoms with van der Waals surface area (Å²) in [6.07, 6.45) is 1.43. The summed E-state index contributed by atoms with van der Waals surface area (Å²) in [6.45, 7) is 0.406. The lowest BCUT2D eigenvalue weighted by Gasteiger charge is -2.24. The zero-order valence-corrected chi connectivity index (χ0v) is 15.7. The molecular weight excluding hydrogens is 382 g/mol. The van der Waals surface area contributed by atoms with Crippen molar-refractivity contribution in [1.29, 1.82) is 0 Å². The first-order valence-corrected chi connectivity index (χ1v) is 9.31. The SMILES string of the molecule is O=c1c2c(oc3ccccc13)N(Cc1ccccc1)c1ccc([N+](=O)[O-])cc1N=C2. The lowest BCUT2D eigenvalue weighted by atomic mass is 10.1. The topological polar surface area (TPSA) is 89.0 Å². The van der Waals surface area contributed by atoms with Gasteiger partial charge in [0.2, 0.25) is 11.3 Å². The third-order valence-electron chi connectivity index (χ3n) is 5.04. The number of aliphatic imine (C=N–C) groups is 1. The molecule has 2 heterocycles. The van der Waals surface area contributed by atoms with E-state index in [1.165, 1.54) is 18.3 Å². The highest BCUT2D eigenvalue weighted by Gasteiger charge is 2.26. The molecule has 1 aliphatic rings. The fraction of sp³-hybridized carbons (Fsp3) is 0.0435. The highest BCUT2D eigenvalue weighted by Crippen LogP contribution is 2.41. The van der Waals surface area contributed by atoms with E-state index in [0.717, 1.165) is 5.56 Å². The Morgan fingerprint density at radius 2 is 1.77 bits per heavy atom. The van der Waals surface area contributed by atoms with Crippen molar-refractivity contribution in [3.63, 3.8) is 0 Å². The van der Waals surface area contributed by atoms with Crippen LogP contribution >= 0.6 is 0 Å². The molecule has 0 unspecified atom stereocenters. The van der Waals surface area contributed by atoms with Crippen LogP contribution in [-0.2, 0) is 6.54 Å². The van der Waals surface area contributed by atoms with Gasteiger partial charge in [-0.3, -0.25) is 19.9 Å². The van der Waals surface area contributed by atoms with Crippen LogP contribution in [0, 0.1) is 10.1 Å². The maximum Gasteiger partial charge on any atom is 0.271 e. The van der Waals surface area contributed by atoms with Crippen molar-refractivity contribution in [1.82, 2.24) is 0 Å². The lowest BCUT2D eigenvalue weighted by Crippen LogP contribution is -2.21. The van der Waals surface area contributed by atoms with E-state index in [-0.39, 0.29) is 11.1 Å². The highest BCUT2D eigenvalue weighted by atomic mass is 16.6. The van der Waals surface area contributed by atoms with Crippen LogP contribution in [0.4, 0.5) is 22.9 Å². The predicted octanol–water partition coefficient (Wildman–Crippen LogP) is 5.10. The zero-order chi connectivity index (χ0) is 20.7. The van der Waals surface area contributed by atoms with Crippen molar-refractivity contribution >= 4 is 40.1 Å². The molecule has 0 aliphatic carbocycles. The van der Waals surface area contributed by atoms with E-state index < -0.39 is 4.92 Å². The van der Waals surface area contributed by atoms with Gasteiger partial charge >= 0.3 is 0 Å². The van der Waals surface area contributed by atoms with Gasteiger partial charge in [0.15, 0.2) is 0 Å². The fourth-order valence-corrected chi connectivity index (χ4v) is 3.58. The average Bonchev–Trinajstić information content (AvgIpc) is 2.92. The molecule has 1 aliphatic heterocycles. The highest BCUT2D eigenvalue weighted by molar-refractivity contribution is 5.97. The minimum Gasteiger partial charge on any atom is -0.439 e. The number of nitro benzene ring substituents is 1. The Morgan fingerprint density at radius 1 is 1.00 bits per heavy atom. The van der Waals surface area contributed by atoms with Crippen molar-refractivity contribution in [2.75, 3.05) is 4.90 Å². The third-order valence-corrected chi connectivity index (χ3v) is 5.04. The summed E-state index contributed by atoms with van der Waals surface area (Å²) in [5.41, 5.74) is 2.52. The van der Waals surface area contributed by atoms with Gasteiger partial charge < -0.3 is 9.32 Å². The summed E-state index contributed by atoms with van der Waals surface area (Å²) in [5, 5.41) is 11.7. The Hall–Kier alpha value is -4.26. The molecular formula is C23H15N3O4. The maximum atomic E-state index is 13.2. The first-order chi connectivity index (χ1) is 14.6. The molecule has 146 valence electrons. The van der Waals surface area contributed by atoms with Crippen LogP contribution in [0.2, 0.25) is 0 Å². The van der Waals surface area contributed by atoms with Gasteiger partial charge in [0.25, 0.3) is 5.69 Å². The summed E-state index contributed by atoms with van der Waals surface area (Å²) in [7, 11) is 0. The number of hydrogen-bond donors (Lipinski definition) is 0. The van der Waals surface area contributed by atoms with Crippen LogP contribution in [-0.4, -0.2) is 11.1 Å². The number of hydrogen-bond acceptors (Lipinski definition) is 6. The summed E-state index contributed by atoms with van der Waals surface area (Å²) in [5.74, 6) is 0.360. The van der Waals surface area contributed by atoms with Crippen LogP contribution in [0.15, 0.2) is 87.0 Å². The van der Waals surface area contributed by atoms with Gasteiger partial charge in [0.1, 0.15) is 11.1 Å². The van der Waals surface area contributed by atoms with Gasteiger partial charge in [0.05, 0.1) is 28.2 Å². The number of para-hydroxylation sites is 1. The number of benzene rings is 3. The minimum absolute atomic E-state index is 0.0686. The molecule has 0 saturated carbocycles.